The molecule has 0 heterocycles. The highest BCUT2D eigenvalue weighted by Crippen LogP contribution is 2.20. The number of hydrogen-bond acceptors (Lipinski definition) is 0. The third-order valence-corrected chi connectivity index (χ3v) is 2.09. The fraction of sp³-hybridized carbons (Fsp3) is 0.0909. The molecule has 0 saturated carbocycles. The van der Waals surface area contributed by atoms with Gasteiger partial charge in [0.05, 0.1) is 0 Å². The van der Waals surface area contributed by atoms with Gasteiger partial charge in [-0.2, -0.15) is 0 Å². The normalized spacial score (nSPS) is 10.7. The van der Waals surface area contributed by atoms with Crippen LogP contribution in [0.2, 0.25) is 0 Å². The van der Waals surface area contributed by atoms with Gasteiger partial charge in [0.15, 0.2) is 0 Å². The van der Waals surface area contributed by atoms with Crippen LogP contribution in [0, 0.1) is 18.6 Å². The van der Waals surface area contributed by atoms with Crippen molar-refractivity contribution in [2.75, 3.05) is 0 Å². The lowest BCUT2D eigenvalue weighted by atomic mass is 10.1. The van der Waals surface area contributed by atoms with Crippen LogP contribution in [0.1, 0.15) is 5.56 Å². The minimum atomic E-state index is -0.290. The van der Waals surface area contributed by atoms with Gasteiger partial charge in [0, 0.05) is 0 Å². The van der Waals surface area contributed by atoms with Gasteiger partial charge in [-0.05, 0) is 47.5 Å². The summed E-state index contributed by atoms with van der Waals surface area (Å²) in [4.78, 5) is 0. The molecule has 66 valence electrons. The van der Waals surface area contributed by atoms with Crippen LogP contribution in [-0.4, -0.2) is 0 Å². The second-order valence-corrected chi connectivity index (χ2v) is 3.09. The molecule has 0 amide bonds. The number of halogens is 2. The van der Waals surface area contributed by atoms with Crippen molar-refractivity contribution in [3.05, 3.63) is 47.5 Å². The highest BCUT2D eigenvalue weighted by Gasteiger charge is 2.01. The zero-order valence-electron chi connectivity index (χ0n) is 7.14. The summed E-state index contributed by atoms with van der Waals surface area (Å²) in [5.74, 6) is -0.571. The molecule has 2 aromatic rings. The van der Waals surface area contributed by atoms with E-state index < -0.39 is 0 Å². The second-order valence-electron chi connectivity index (χ2n) is 3.09. The van der Waals surface area contributed by atoms with Crippen molar-refractivity contribution in [2.45, 2.75) is 6.92 Å². The molecule has 0 bridgehead atoms. The van der Waals surface area contributed by atoms with Crippen LogP contribution >= 0.6 is 0 Å². The summed E-state index contributed by atoms with van der Waals surface area (Å²) in [7, 11) is 0. The van der Waals surface area contributed by atoms with E-state index >= 15 is 0 Å². The topological polar surface area (TPSA) is 0 Å². The molecule has 0 saturated heterocycles. The van der Waals surface area contributed by atoms with Crippen LogP contribution in [-0.2, 0) is 0 Å². The van der Waals surface area contributed by atoms with Crippen molar-refractivity contribution in [3.63, 3.8) is 0 Å². The van der Waals surface area contributed by atoms with Gasteiger partial charge in [-0.15, -0.1) is 0 Å². The predicted molar refractivity (Wildman–Crippen MR) is 48.6 cm³/mol. The minimum absolute atomic E-state index is 0.281. The van der Waals surface area contributed by atoms with E-state index in [0.717, 1.165) is 16.3 Å². The van der Waals surface area contributed by atoms with Crippen molar-refractivity contribution in [1.82, 2.24) is 0 Å². The maximum atomic E-state index is 12.9. The van der Waals surface area contributed by atoms with Crippen molar-refractivity contribution in [3.8, 4) is 0 Å². The number of hydrogen-bond donors (Lipinski definition) is 0. The maximum absolute atomic E-state index is 12.9. The van der Waals surface area contributed by atoms with Crippen molar-refractivity contribution >= 4 is 10.8 Å². The standard InChI is InChI=1S/C11H8F2/c1-7-4-10(13)5-8-2-3-9(12)6-11(7)8/h2-6H,1H3. The molecular formula is C11H8F2. The van der Waals surface area contributed by atoms with E-state index in [0.29, 0.717) is 0 Å². The molecule has 0 unspecified atom stereocenters. The molecule has 0 nitrogen and oxygen atoms in total. The first kappa shape index (κ1) is 8.17. The van der Waals surface area contributed by atoms with Gasteiger partial charge in [0.25, 0.3) is 0 Å². The Balaban J connectivity index is 2.87. The van der Waals surface area contributed by atoms with E-state index in [4.69, 9.17) is 0 Å². The summed E-state index contributed by atoms with van der Waals surface area (Å²) in [6, 6.07) is 7.15. The number of rotatable bonds is 0. The van der Waals surface area contributed by atoms with Crippen LogP contribution in [0.5, 0.6) is 0 Å². The Bertz CT molecular complexity index is 461. The van der Waals surface area contributed by atoms with Crippen LogP contribution < -0.4 is 0 Å². The average Bonchev–Trinajstić information content (AvgIpc) is 2.06. The van der Waals surface area contributed by atoms with Crippen LogP contribution in [0.4, 0.5) is 8.78 Å². The van der Waals surface area contributed by atoms with E-state index in [1.54, 1.807) is 13.0 Å². The average molecular weight is 178 g/mol. The van der Waals surface area contributed by atoms with Gasteiger partial charge in [0.2, 0.25) is 0 Å². The van der Waals surface area contributed by atoms with E-state index in [-0.39, 0.29) is 11.6 Å². The molecule has 0 N–H and O–H groups in total. The van der Waals surface area contributed by atoms with Crippen LogP contribution in [0.3, 0.4) is 0 Å². The molecule has 0 atom stereocenters. The van der Waals surface area contributed by atoms with E-state index in [9.17, 15) is 8.78 Å². The Morgan fingerprint density at radius 3 is 2.46 bits per heavy atom. The Kier molecular flexibility index (Phi) is 1.76. The third kappa shape index (κ3) is 1.39. The summed E-state index contributed by atoms with van der Waals surface area (Å²) < 4.78 is 25.7. The Hall–Kier alpha value is -1.44. The van der Waals surface area contributed by atoms with Gasteiger partial charge in [-0.3, -0.25) is 0 Å². The van der Waals surface area contributed by atoms with Gasteiger partial charge in [-0.25, -0.2) is 8.78 Å². The van der Waals surface area contributed by atoms with Crippen LogP contribution in [0.15, 0.2) is 30.3 Å². The van der Waals surface area contributed by atoms with Crippen LogP contribution in [0.25, 0.3) is 10.8 Å². The summed E-state index contributed by atoms with van der Waals surface area (Å²) in [5, 5.41) is 1.50. The first-order chi connectivity index (χ1) is 6.16. The number of fused-ring (bicyclic) bond motifs is 1. The molecule has 2 aromatic carbocycles. The molecule has 2 heteroatoms. The van der Waals surface area contributed by atoms with Gasteiger partial charge in [0.1, 0.15) is 11.6 Å². The van der Waals surface area contributed by atoms with Gasteiger partial charge in [-0.1, -0.05) is 6.07 Å². The number of aryl methyl sites for hydroxylation is 1. The van der Waals surface area contributed by atoms with E-state index in [1.807, 2.05) is 0 Å². The zero-order chi connectivity index (χ0) is 9.42. The minimum Gasteiger partial charge on any atom is -0.207 e. The van der Waals surface area contributed by atoms with Gasteiger partial charge < -0.3 is 0 Å². The van der Waals surface area contributed by atoms with Crippen molar-refractivity contribution in [1.29, 1.82) is 0 Å². The molecule has 0 aliphatic rings. The molecule has 0 aliphatic carbocycles. The first-order valence-corrected chi connectivity index (χ1v) is 4.02. The lowest BCUT2D eigenvalue weighted by Crippen LogP contribution is -1.83. The fourth-order valence-corrected chi connectivity index (χ4v) is 1.47. The monoisotopic (exact) mass is 178 g/mol. The SMILES string of the molecule is Cc1cc(F)cc2ccc(F)cc12. The van der Waals surface area contributed by atoms with E-state index in [1.165, 1.54) is 24.3 Å². The summed E-state index contributed by atoms with van der Waals surface area (Å²) in [6.45, 7) is 1.77. The quantitative estimate of drug-likeness (QED) is 0.579. The molecular weight excluding hydrogens is 170 g/mol. The lowest BCUT2D eigenvalue weighted by molar-refractivity contribution is 0.625. The molecule has 0 radical (unpaired) electrons. The van der Waals surface area contributed by atoms with Crippen molar-refractivity contribution in [2.24, 2.45) is 0 Å². The molecule has 2 rings (SSSR count). The zero-order valence-corrected chi connectivity index (χ0v) is 7.14. The van der Waals surface area contributed by atoms with Crippen molar-refractivity contribution < 1.29 is 8.78 Å². The Labute approximate surface area is 74.8 Å². The maximum Gasteiger partial charge on any atom is 0.124 e. The molecule has 0 fully saturated rings. The predicted octanol–water partition coefficient (Wildman–Crippen LogP) is 3.43. The Morgan fingerprint density at radius 2 is 1.69 bits per heavy atom. The fourth-order valence-electron chi connectivity index (χ4n) is 1.47. The largest absolute Gasteiger partial charge is 0.207 e. The summed E-state index contributed by atoms with van der Waals surface area (Å²) >= 11 is 0. The smallest absolute Gasteiger partial charge is 0.124 e. The molecule has 0 aliphatic heterocycles. The molecule has 13 heavy (non-hydrogen) atoms. The van der Waals surface area contributed by atoms with Gasteiger partial charge >= 0.3 is 0 Å². The highest BCUT2D eigenvalue weighted by molar-refractivity contribution is 5.85. The second kappa shape index (κ2) is 2.80. The third-order valence-electron chi connectivity index (χ3n) is 2.09. The summed E-state index contributed by atoms with van der Waals surface area (Å²) in [6.07, 6.45) is 0. The Morgan fingerprint density at radius 1 is 0.923 bits per heavy atom. The summed E-state index contributed by atoms with van der Waals surface area (Å²) in [5.41, 5.74) is 0.759. The number of benzene rings is 2. The molecule has 0 spiro atoms. The van der Waals surface area contributed by atoms with E-state index in [2.05, 4.69) is 0 Å². The lowest BCUT2D eigenvalue weighted by Gasteiger charge is -2.01. The molecule has 0 aromatic heterocycles. The first-order valence-electron chi connectivity index (χ1n) is 4.02. The highest BCUT2D eigenvalue weighted by atomic mass is 19.1.